The number of nitrogens with zero attached hydrogens (tertiary/aromatic N) is 1. The van der Waals surface area contributed by atoms with Gasteiger partial charge < -0.3 is 10.2 Å². The third-order valence-corrected chi connectivity index (χ3v) is 4.26. The highest BCUT2D eigenvalue weighted by atomic mass is 32.2. The lowest BCUT2D eigenvalue weighted by atomic mass is 10.3. The molecule has 0 atom stereocenters. The molecule has 0 bridgehead atoms. The monoisotopic (exact) mass is 311 g/mol. The minimum atomic E-state index is -3.92. The first-order chi connectivity index (χ1) is 9.90. The predicted octanol–water partition coefficient (Wildman–Crippen LogP) is 1.29. The Morgan fingerprint density at radius 2 is 2.10 bits per heavy atom. The average molecular weight is 311 g/mol. The summed E-state index contributed by atoms with van der Waals surface area (Å²) >= 11 is 0. The second kappa shape index (κ2) is 5.94. The van der Waals surface area contributed by atoms with Crippen LogP contribution in [-0.2, 0) is 16.4 Å². The van der Waals surface area contributed by atoms with Gasteiger partial charge in [-0.25, -0.2) is 13.1 Å². The minimum absolute atomic E-state index is 0.0499. The number of nitro groups is 1. The van der Waals surface area contributed by atoms with Crippen LogP contribution in [0.2, 0.25) is 0 Å². The number of hydrogen-bond acceptors (Lipinski definition) is 6. The smallest absolute Gasteiger partial charge is 0.270 e. The second-order valence-electron chi connectivity index (χ2n) is 4.21. The summed E-state index contributed by atoms with van der Waals surface area (Å²) < 4.78 is 31.6. The van der Waals surface area contributed by atoms with E-state index in [2.05, 4.69) is 4.72 Å². The number of nitro benzene ring substituents is 1. The van der Waals surface area contributed by atoms with Crippen molar-refractivity contribution in [2.45, 2.75) is 11.3 Å². The molecule has 112 valence electrons. The van der Waals surface area contributed by atoms with Gasteiger partial charge in [-0.05, 0) is 18.2 Å². The van der Waals surface area contributed by atoms with Crippen LogP contribution in [0.5, 0.6) is 0 Å². The van der Waals surface area contributed by atoms with Crippen LogP contribution in [0.15, 0.2) is 45.9 Å². The highest BCUT2D eigenvalue weighted by Gasteiger charge is 2.20. The Morgan fingerprint density at radius 1 is 1.33 bits per heavy atom. The molecule has 1 aromatic carbocycles. The maximum atomic E-state index is 12.1. The first-order valence-corrected chi connectivity index (χ1v) is 7.44. The van der Waals surface area contributed by atoms with E-state index in [0.29, 0.717) is 12.2 Å². The molecular weight excluding hydrogens is 298 g/mol. The van der Waals surface area contributed by atoms with Crippen molar-refractivity contribution in [1.29, 1.82) is 0 Å². The number of nitrogens with one attached hydrogen (secondary N) is 1. The predicted molar refractivity (Wildman–Crippen MR) is 75.1 cm³/mol. The third-order valence-electron chi connectivity index (χ3n) is 2.74. The number of rotatable bonds is 6. The summed E-state index contributed by atoms with van der Waals surface area (Å²) in [5.41, 5.74) is 5.19. The van der Waals surface area contributed by atoms with Gasteiger partial charge in [0.05, 0.1) is 16.9 Å². The van der Waals surface area contributed by atoms with E-state index in [1.165, 1.54) is 12.3 Å². The van der Waals surface area contributed by atoms with E-state index < -0.39 is 14.9 Å². The molecule has 2 rings (SSSR count). The van der Waals surface area contributed by atoms with Gasteiger partial charge in [0.15, 0.2) is 0 Å². The molecule has 1 aromatic heterocycles. The molecule has 1 heterocycles. The number of anilines is 1. The number of nitrogen functional groups attached to an aromatic ring is 1. The average Bonchev–Trinajstić information content (AvgIpc) is 2.91. The van der Waals surface area contributed by atoms with E-state index in [-0.39, 0.29) is 22.8 Å². The standard InChI is InChI=1S/C12H13N3O5S/c13-11-4-3-9(15(16)17)8-12(11)21(18,19)14-6-5-10-2-1-7-20-10/h1-4,7-8,14H,5-6,13H2. The zero-order valence-electron chi connectivity index (χ0n) is 10.9. The second-order valence-corrected chi connectivity index (χ2v) is 5.94. The zero-order valence-corrected chi connectivity index (χ0v) is 11.7. The number of benzene rings is 1. The molecule has 9 heteroatoms. The molecule has 0 amide bonds. The molecule has 0 fully saturated rings. The summed E-state index contributed by atoms with van der Waals surface area (Å²) in [6, 6.07) is 6.69. The highest BCUT2D eigenvalue weighted by molar-refractivity contribution is 7.89. The van der Waals surface area contributed by atoms with E-state index in [0.717, 1.165) is 12.1 Å². The summed E-state index contributed by atoms with van der Waals surface area (Å²) in [6.07, 6.45) is 1.85. The molecule has 2 aromatic rings. The summed E-state index contributed by atoms with van der Waals surface area (Å²) in [5.74, 6) is 0.629. The molecule has 0 saturated heterocycles. The Morgan fingerprint density at radius 3 is 2.71 bits per heavy atom. The van der Waals surface area contributed by atoms with Crippen LogP contribution in [0.25, 0.3) is 0 Å². The third kappa shape index (κ3) is 3.58. The lowest BCUT2D eigenvalue weighted by Gasteiger charge is -2.08. The van der Waals surface area contributed by atoms with Crippen molar-refractivity contribution in [2.24, 2.45) is 0 Å². The molecule has 0 unspecified atom stereocenters. The van der Waals surface area contributed by atoms with E-state index in [1.54, 1.807) is 12.1 Å². The van der Waals surface area contributed by atoms with E-state index in [1.807, 2.05) is 0 Å². The molecular formula is C12H13N3O5S. The first kappa shape index (κ1) is 15.0. The van der Waals surface area contributed by atoms with Crippen molar-refractivity contribution >= 4 is 21.4 Å². The summed E-state index contributed by atoms with van der Waals surface area (Å²) in [7, 11) is -3.92. The Balaban J connectivity index is 2.15. The molecule has 0 aliphatic carbocycles. The Labute approximate surface area is 120 Å². The molecule has 21 heavy (non-hydrogen) atoms. The Bertz CT molecular complexity index is 740. The fourth-order valence-electron chi connectivity index (χ4n) is 1.71. The fourth-order valence-corrected chi connectivity index (χ4v) is 2.89. The first-order valence-electron chi connectivity index (χ1n) is 5.96. The van der Waals surface area contributed by atoms with Crippen molar-refractivity contribution in [1.82, 2.24) is 4.72 Å². The quantitative estimate of drug-likeness (QED) is 0.470. The van der Waals surface area contributed by atoms with Crippen LogP contribution in [0.1, 0.15) is 5.76 Å². The van der Waals surface area contributed by atoms with E-state index in [9.17, 15) is 18.5 Å². The van der Waals surface area contributed by atoms with E-state index >= 15 is 0 Å². The van der Waals surface area contributed by atoms with Crippen molar-refractivity contribution in [3.63, 3.8) is 0 Å². The maximum Gasteiger partial charge on any atom is 0.270 e. The lowest BCUT2D eigenvalue weighted by Crippen LogP contribution is -2.26. The largest absolute Gasteiger partial charge is 0.469 e. The molecule has 0 saturated carbocycles. The van der Waals surface area contributed by atoms with Gasteiger partial charge >= 0.3 is 0 Å². The van der Waals surface area contributed by atoms with Crippen molar-refractivity contribution in [2.75, 3.05) is 12.3 Å². The molecule has 3 N–H and O–H groups in total. The van der Waals surface area contributed by atoms with Crippen LogP contribution >= 0.6 is 0 Å². The summed E-state index contributed by atoms with van der Waals surface area (Å²) in [6.45, 7) is 0.0952. The van der Waals surface area contributed by atoms with Gasteiger partial charge in [0.1, 0.15) is 10.7 Å². The lowest BCUT2D eigenvalue weighted by molar-refractivity contribution is -0.385. The Hall–Kier alpha value is -2.39. The van der Waals surface area contributed by atoms with E-state index in [4.69, 9.17) is 10.2 Å². The van der Waals surface area contributed by atoms with Gasteiger partial charge in [-0.1, -0.05) is 0 Å². The minimum Gasteiger partial charge on any atom is -0.469 e. The van der Waals surface area contributed by atoms with Crippen LogP contribution in [0, 0.1) is 10.1 Å². The van der Waals surface area contributed by atoms with Gasteiger partial charge in [-0.15, -0.1) is 0 Å². The van der Waals surface area contributed by atoms with Crippen molar-refractivity contribution in [3.05, 3.63) is 52.5 Å². The molecule has 0 aliphatic rings. The number of sulfonamides is 1. The molecule has 0 spiro atoms. The van der Waals surface area contributed by atoms with Gasteiger partial charge in [0.2, 0.25) is 10.0 Å². The highest BCUT2D eigenvalue weighted by Crippen LogP contribution is 2.23. The fraction of sp³-hybridized carbons (Fsp3) is 0.167. The number of furan rings is 1. The van der Waals surface area contributed by atoms with Crippen LogP contribution in [-0.4, -0.2) is 19.9 Å². The number of nitrogens with two attached hydrogens (primary N) is 1. The van der Waals surface area contributed by atoms with Gasteiger partial charge in [-0.3, -0.25) is 10.1 Å². The van der Waals surface area contributed by atoms with Gasteiger partial charge in [-0.2, -0.15) is 0 Å². The number of non-ortho nitro benzene ring substituents is 1. The summed E-state index contributed by atoms with van der Waals surface area (Å²) in [4.78, 5) is 9.71. The van der Waals surface area contributed by atoms with Gasteiger partial charge in [0, 0.05) is 25.1 Å². The van der Waals surface area contributed by atoms with Crippen molar-refractivity contribution in [3.8, 4) is 0 Å². The molecule has 8 nitrogen and oxygen atoms in total. The molecule has 0 radical (unpaired) electrons. The summed E-state index contributed by atoms with van der Waals surface area (Å²) in [5, 5.41) is 10.7. The Kier molecular flexibility index (Phi) is 4.24. The van der Waals surface area contributed by atoms with Crippen LogP contribution < -0.4 is 10.5 Å². The van der Waals surface area contributed by atoms with Crippen LogP contribution in [0.4, 0.5) is 11.4 Å². The van der Waals surface area contributed by atoms with Crippen LogP contribution in [0.3, 0.4) is 0 Å². The number of hydrogen-bond donors (Lipinski definition) is 2. The molecule has 0 aliphatic heterocycles. The topological polar surface area (TPSA) is 128 Å². The normalized spacial score (nSPS) is 11.4. The van der Waals surface area contributed by atoms with Crippen molar-refractivity contribution < 1.29 is 17.8 Å². The zero-order chi connectivity index (χ0) is 15.5. The SMILES string of the molecule is Nc1ccc([N+](=O)[O-])cc1S(=O)(=O)NCCc1ccco1. The maximum absolute atomic E-state index is 12.1. The van der Waals surface area contributed by atoms with Gasteiger partial charge in [0.25, 0.3) is 5.69 Å².